The van der Waals surface area contributed by atoms with Crippen molar-refractivity contribution in [2.45, 2.75) is 20.3 Å². The Balaban J connectivity index is 1.97. The molecule has 104 valence electrons. The first-order valence-electron chi connectivity index (χ1n) is 6.67. The smallest absolute Gasteiger partial charge is 0.122 e. The molecule has 0 aliphatic heterocycles. The summed E-state index contributed by atoms with van der Waals surface area (Å²) in [5.41, 5.74) is 3.81. The average molecular weight is 269 g/mol. The SMILES string of the molecule is C/C(=N\O)c1ccc(OCCc2ccccc2)c(C)c1. The van der Waals surface area contributed by atoms with E-state index in [2.05, 4.69) is 17.3 Å². The van der Waals surface area contributed by atoms with Crippen LogP contribution in [-0.2, 0) is 6.42 Å². The predicted octanol–water partition coefficient (Wildman–Crippen LogP) is 3.81. The summed E-state index contributed by atoms with van der Waals surface area (Å²) in [6, 6.07) is 16.1. The van der Waals surface area contributed by atoms with Gasteiger partial charge in [0.2, 0.25) is 0 Å². The van der Waals surface area contributed by atoms with Crippen LogP contribution in [0.1, 0.15) is 23.6 Å². The molecule has 3 heteroatoms. The van der Waals surface area contributed by atoms with Gasteiger partial charge in [0.1, 0.15) is 5.75 Å². The van der Waals surface area contributed by atoms with E-state index in [4.69, 9.17) is 9.94 Å². The number of nitrogens with zero attached hydrogens (tertiary/aromatic N) is 1. The molecule has 0 saturated carbocycles. The maximum atomic E-state index is 8.77. The third kappa shape index (κ3) is 3.60. The van der Waals surface area contributed by atoms with E-state index in [0.717, 1.165) is 23.3 Å². The van der Waals surface area contributed by atoms with E-state index in [-0.39, 0.29) is 0 Å². The molecule has 0 atom stereocenters. The fourth-order valence-corrected chi connectivity index (χ4v) is 2.02. The van der Waals surface area contributed by atoms with Crippen LogP contribution in [0.15, 0.2) is 53.7 Å². The summed E-state index contributed by atoms with van der Waals surface area (Å²) < 4.78 is 5.81. The highest BCUT2D eigenvalue weighted by molar-refractivity contribution is 5.98. The van der Waals surface area contributed by atoms with Gasteiger partial charge in [0, 0.05) is 6.42 Å². The molecule has 0 saturated heterocycles. The van der Waals surface area contributed by atoms with Crippen molar-refractivity contribution in [3.8, 4) is 5.75 Å². The lowest BCUT2D eigenvalue weighted by atomic mass is 10.1. The number of hydrogen-bond donors (Lipinski definition) is 1. The second kappa shape index (κ2) is 6.75. The molecule has 0 radical (unpaired) electrons. The van der Waals surface area contributed by atoms with Crippen molar-refractivity contribution in [1.82, 2.24) is 0 Å². The van der Waals surface area contributed by atoms with E-state index < -0.39 is 0 Å². The maximum Gasteiger partial charge on any atom is 0.122 e. The number of rotatable bonds is 5. The molecule has 0 aliphatic rings. The number of benzene rings is 2. The molecule has 0 spiro atoms. The molecular weight excluding hydrogens is 250 g/mol. The third-order valence-electron chi connectivity index (χ3n) is 3.23. The van der Waals surface area contributed by atoms with Gasteiger partial charge in [0.25, 0.3) is 0 Å². The Morgan fingerprint density at radius 1 is 1.15 bits per heavy atom. The van der Waals surface area contributed by atoms with Crippen LogP contribution in [0.3, 0.4) is 0 Å². The van der Waals surface area contributed by atoms with E-state index in [9.17, 15) is 0 Å². The van der Waals surface area contributed by atoms with Crippen LogP contribution >= 0.6 is 0 Å². The lowest BCUT2D eigenvalue weighted by Crippen LogP contribution is -2.03. The summed E-state index contributed by atoms with van der Waals surface area (Å²) >= 11 is 0. The quantitative estimate of drug-likeness (QED) is 0.509. The minimum atomic E-state index is 0.601. The molecule has 2 rings (SSSR count). The first-order valence-corrected chi connectivity index (χ1v) is 6.67. The Kier molecular flexibility index (Phi) is 4.77. The molecule has 0 amide bonds. The fraction of sp³-hybridized carbons (Fsp3) is 0.235. The van der Waals surface area contributed by atoms with Crippen molar-refractivity contribution in [2.24, 2.45) is 5.16 Å². The second-order valence-corrected chi connectivity index (χ2v) is 4.75. The first kappa shape index (κ1) is 14.1. The molecule has 0 bridgehead atoms. The van der Waals surface area contributed by atoms with Crippen molar-refractivity contribution in [1.29, 1.82) is 0 Å². The van der Waals surface area contributed by atoms with Crippen molar-refractivity contribution >= 4 is 5.71 Å². The highest BCUT2D eigenvalue weighted by atomic mass is 16.5. The summed E-state index contributed by atoms with van der Waals surface area (Å²) in [7, 11) is 0. The van der Waals surface area contributed by atoms with Gasteiger partial charge in [-0.1, -0.05) is 35.5 Å². The van der Waals surface area contributed by atoms with Crippen molar-refractivity contribution in [2.75, 3.05) is 6.61 Å². The molecule has 0 fully saturated rings. The lowest BCUT2D eigenvalue weighted by molar-refractivity contribution is 0.318. The first-order chi connectivity index (χ1) is 9.70. The number of ether oxygens (including phenoxy) is 1. The van der Waals surface area contributed by atoms with Gasteiger partial charge >= 0.3 is 0 Å². The summed E-state index contributed by atoms with van der Waals surface area (Å²) in [5, 5.41) is 12.0. The van der Waals surface area contributed by atoms with Crippen LogP contribution in [0.5, 0.6) is 5.75 Å². The fourth-order valence-electron chi connectivity index (χ4n) is 2.02. The van der Waals surface area contributed by atoms with E-state index in [1.807, 2.05) is 43.3 Å². The Hall–Kier alpha value is -2.29. The number of aryl methyl sites for hydroxylation is 1. The van der Waals surface area contributed by atoms with Crippen LogP contribution in [0, 0.1) is 6.92 Å². The molecule has 20 heavy (non-hydrogen) atoms. The molecule has 0 aromatic heterocycles. The Labute approximate surface area is 119 Å². The van der Waals surface area contributed by atoms with Crippen molar-refractivity contribution < 1.29 is 9.94 Å². The highest BCUT2D eigenvalue weighted by Gasteiger charge is 2.04. The zero-order valence-corrected chi connectivity index (χ0v) is 11.8. The maximum absolute atomic E-state index is 8.77. The van der Waals surface area contributed by atoms with Crippen molar-refractivity contribution in [3.05, 3.63) is 65.2 Å². The van der Waals surface area contributed by atoms with Crippen LogP contribution in [0.25, 0.3) is 0 Å². The van der Waals surface area contributed by atoms with Gasteiger partial charge in [0.05, 0.1) is 12.3 Å². The summed E-state index contributed by atoms with van der Waals surface area (Å²) in [6.45, 7) is 4.41. The van der Waals surface area contributed by atoms with Crippen LogP contribution in [0.4, 0.5) is 0 Å². The zero-order valence-electron chi connectivity index (χ0n) is 11.8. The summed E-state index contributed by atoms with van der Waals surface area (Å²) in [6.07, 6.45) is 0.888. The molecule has 2 aromatic carbocycles. The van der Waals surface area contributed by atoms with E-state index >= 15 is 0 Å². The second-order valence-electron chi connectivity index (χ2n) is 4.75. The standard InChI is InChI=1S/C17H19NO2/c1-13-12-16(14(2)18-19)8-9-17(13)20-11-10-15-6-4-3-5-7-15/h3-9,12,19H,10-11H2,1-2H3/b18-14+. The van der Waals surface area contributed by atoms with E-state index in [1.165, 1.54) is 5.56 Å². The minimum Gasteiger partial charge on any atom is -0.493 e. The topological polar surface area (TPSA) is 41.8 Å². The lowest BCUT2D eigenvalue weighted by Gasteiger charge is -2.10. The van der Waals surface area contributed by atoms with Crippen LogP contribution in [0.2, 0.25) is 0 Å². The molecule has 0 unspecified atom stereocenters. The Morgan fingerprint density at radius 3 is 2.55 bits per heavy atom. The molecular formula is C17H19NO2. The largest absolute Gasteiger partial charge is 0.493 e. The van der Waals surface area contributed by atoms with E-state index in [1.54, 1.807) is 6.92 Å². The van der Waals surface area contributed by atoms with Crippen LogP contribution in [-0.4, -0.2) is 17.5 Å². The van der Waals surface area contributed by atoms with Crippen molar-refractivity contribution in [3.63, 3.8) is 0 Å². The normalized spacial score (nSPS) is 11.4. The minimum absolute atomic E-state index is 0.601. The van der Waals surface area contributed by atoms with Gasteiger partial charge in [-0.05, 0) is 48.7 Å². The molecule has 1 N–H and O–H groups in total. The highest BCUT2D eigenvalue weighted by Crippen LogP contribution is 2.20. The molecule has 0 aliphatic carbocycles. The zero-order chi connectivity index (χ0) is 14.4. The monoisotopic (exact) mass is 269 g/mol. The average Bonchev–Trinajstić information content (AvgIpc) is 2.49. The van der Waals surface area contributed by atoms with Gasteiger partial charge in [-0.2, -0.15) is 0 Å². The summed E-state index contributed by atoms with van der Waals surface area (Å²) in [5.74, 6) is 0.871. The number of oxime groups is 1. The van der Waals surface area contributed by atoms with Gasteiger partial charge in [-0.25, -0.2) is 0 Å². The molecule has 2 aromatic rings. The van der Waals surface area contributed by atoms with Gasteiger partial charge < -0.3 is 9.94 Å². The van der Waals surface area contributed by atoms with Crippen LogP contribution < -0.4 is 4.74 Å². The Morgan fingerprint density at radius 2 is 1.90 bits per heavy atom. The summed E-state index contributed by atoms with van der Waals surface area (Å²) in [4.78, 5) is 0. The Bertz CT molecular complexity index is 591. The molecule has 0 heterocycles. The molecule has 3 nitrogen and oxygen atoms in total. The van der Waals surface area contributed by atoms with Gasteiger partial charge in [-0.3, -0.25) is 0 Å². The van der Waals surface area contributed by atoms with Gasteiger partial charge in [0.15, 0.2) is 0 Å². The number of hydrogen-bond acceptors (Lipinski definition) is 3. The van der Waals surface area contributed by atoms with E-state index in [0.29, 0.717) is 12.3 Å². The predicted molar refractivity (Wildman–Crippen MR) is 80.8 cm³/mol. The van der Waals surface area contributed by atoms with Gasteiger partial charge in [-0.15, -0.1) is 0 Å². The third-order valence-corrected chi connectivity index (χ3v) is 3.23.